The Morgan fingerprint density at radius 2 is 1.85 bits per heavy atom. The van der Waals surface area contributed by atoms with Gasteiger partial charge < -0.3 is 9.80 Å². The third-order valence-electron chi connectivity index (χ3n) is 6.28. The van der Waals surface area contributed by atoms with Crippen molar-refractivity contribution in [2.75, 3.05) is 31.1 Å². The Labute approximate surface area is 188 Å². The van der Waals surface area contributed by atoms with E-state index >= 15 is 0 Å². The van der Waals surface area contributed by atoms with Gasteiger partial charge >= 0.3 is 0 Å². The lowest BCUT2D eigenvalue weighted by Crippen LogP contribution is -2.52. The molecule has 11 nitrogen and oxygen atoms in total. The Morgan fingerprint density at radius 3 is 2.52 bits per heavy atom. The van der Waals surface area contributed by atoms with Gasteiger partial charge in [-0.3, -0.25) is 24.8 Å². The molecule has 1 aromatic heterocycles. The van der Waals surface area contributed by atoms with Crippen molar-refractivity contribution in [1.82, 2.24) is 24.7 Å². The SMILES string of the molecule is O=C1CCC(N2Cc3cc(N4CCN(S(=O)(=O)c5cn[nH]c5)CC4)c(F)cc3C2=O)C(=O)N1. The highest BCUT2D eigenvalue weighted by atomic mass is 32.2. The number of sulfonamides is 1. The Bertz CT molecular complexity index is 1240. The van der Waals surface area contributed by atoms with E-state index in [9.17, 15) is 27.2 Å². The fourth-order valence-electron chi connectivity index (χ4n) is 4.52. The van der Waals surface area contributed by atoms with Crippen LogP contribution in [0.2, 0.25) is 0 Å². The Morgan fingerprint density at radius 1 is 1.09 bits per heavy atom. The van der Waals surface area contributed by atoms with E-state index in [0.29, 0.717) is 5.56 Å². The third-order valence-corrected chi connectivity index (χ3v) is 8.15. The molecule has 0 saturated carbocycles. The van der Waals surface area contributed by atoms with Gasteiger partial charge in [0.05, 0.1) is 11.9 Å². The van der Waals surface area contributed by atoms with E-state index in [4.69, 9.17) is 0 Å². The van der Waals surface area contributed by atoms with Crippen molar-refractivity contribution in [3.8, 4) is 0 Å². The second kappa shape index (κ2) is 7.92. The molecule has 1 atom stereocenters. The van der Waals surface area contributed by atoms with Crippen molar-refractivity contribution in [3.63, 3.8) is 0 Å². The van der Waals surface area contributed by atoms with Gasteiger partial charge in [0.1, 0.15) is 16.8 Å². The monoisotopic (exact) mass is 476 g/mol. The molecule has 0 spiro atoms. The van der Waals surface area contributed by atoms with Gasteiger partial charge in [-0.05, 0) is 24.1 Å². The normalized spacial score (nSPS) is 22.0. The zero-order valence-corrected chi connectivity index (χ0v) is 18.3. The number of carbonyl (C=O) groups is 3. The molecule has 2 N–H and O–H groups in total. The number of carbonyl (C=O) groups excluding carboxylic acids is 3. The first-order chi connectivity index (χ1) is 15.8. The lowest BCUT2D eigenvalue weighted by molar-refractivity contribution is -0.136. The molecule has 2 aromatic rings. The van der Waals surface area contributed by atoms with Crippen LogP contribution in [0.4, 0.5) is 10.1 Å². The number of hydrogen-bond donors (Lipinski definition) is 2. The topological polar surface area (TPSA) is 136 Å². The molecule has 5 rings (SSSR count). The molecule has 2 fully saturated rings. The molecule has 33 heavy (non-hydrogen) atoms. The number of halogens is 1. The molecule has 3 amide bonds. The van der Waals surface area contributed by atoms with Crippen molar-refractivity contribution >= 4 is 33.4 Å². The van der Waals surface area contributed by atoms with Crippen LogP contribution in [0.3, 0.4) is 0 Å². The molecule has 1 aromatic carbocycles. The summed E-state index contributed by atoms with van der Waals surface area (Å²) in [6.07, 6.45) is 2.93. The quantitative estimate of drug-likeness (QED) is 0.585. The van der Waals surface area contributed by atoms with Crippen molar-refractivity contribution in [3.05, 3.63) is 41.5 Å². The third kappa shape index (κ3) is 3.66. The molecule has 13 heteroatoms. The number of benzene rings is 1. The maximum atomic E-state index is 15.0. The van der Waals surface area contributed by atoms with Crippen molar-refractivity contribution in [2.45, 2.75) is 30.3 Å². The molecular weight excluding hydrogens is 455 g/mol. The van der Waals surface area contributed by atoms with E-state index in [0.717, 1.165) is 0 Å². The average Bonchev–Trinajstić information content (AvgIpc) is 3.43. The summed E-state index contributed by atoms with van der Waals surface area (Å²) in [5.74, 6) is -1.93. The van der Waals surface area contributed by atoms with Gasteiger partial charge in [-0.25, -0.2) is 12.8 Å². The minimum atomic E-state index is -3.67. The number of aromatic amines is 1. The van der Waals surface area contributed by atoms with Crippen LogP contribution in [0.5, 0.6) is 0 Å². The summed E-state index contributed by atoms with van der Waals surface area (Å²) in [5, 5.41) is 8.41. The van der Waals surface area contributed by atoms with Crippen LogP contribution in [0.15, 0.2) is 29.4 Å². The van der Waals surface area contributed by atoms with Crippen molar-refractivity contribution in [2.24, 2.45) is 0 Å². The first kappa shape index (κ1) is 21.5. The zero-order valence-electron chi connectivity index (χ0n) is 17.5. The summed E-state index contributed by atoms with van der Waals surface area (Å²) >= 11 is 0. The molecular formula is C20H21FN6O5S. The number of nitrogens with zero attached hydrogens (tertiary/aromatic N) is 4. The van der Waals surface area contributed by atoms with Crippen LogP contribution in [-0.4, -0.2) is 77.8 Å². The molecule has 3 aliphatic rings. The molecule has 174 valence electrons. The van der Waals surface area contributed by atoms with E-state index in [-0.39, 0.29) is 67.6 Å². The average molecular weight is 476 g/mol. The second-order valence-corrected chi connectivity index (χ2v) is 10.1. The summed E-state index contributed by atoms with van der Waals surface area (Å²) in [7, 11) is -3.67. The van der Waals surface area contributed by atoms with Gasteiger partial charge in [-0.1, -0.05) is 0 Å². The van der Waals surface area contributed by atoms with Gasteiger partial charge in [-0.2, -0.15) is 9.40 Å². The zero-order chi connectivity index (χ0) is 23.3. The van der Waals surface area contributed by atoms with E-state index in [1.807, 2.05) is 0 Å². The molecule has 2 saturated heterocycles. The predicted molar refractivity (Wildman–Crippen MR) is 112 cm³/mol. The van der Waals surface area contributed by atoms with Gasteiger partial charge in [0, 0.05) is 50.9 Å². The largest absolute Gasteiger partial charge is 0.367 e. The van der Waals surface area contributed by atoms with Crippen molar-refractivity contribution < 1.29 is 27.2 Å². The Balaban J connectivity index is 1.32. The van der Waals surface area contributed by atoms with Crippen LogP contribution in [-0.2, 0) is 26.2 Å². The number of piperidine rings is 1. The number of fused-ring (bicyclic) bond motifs is 1. The number of rotatable bonds is 4. The molecule has 1 unspecified atom stereocenters. The van der Waals surface area contributed by atoms with Crippen LogP contribution in [0.25, 0.3) is 0 Å². The molecule has 0 radical (unpaired) electrons. The first-order valence-electron chi connectivity index (χ1n) is 10.5. The molecule has 0 bridgehead atoms. The van der Waals surface area contributed by atoms with Gasteiger partial charge in [0.25, 0.3) is 5.91 Å². The van der Waals surface area contributed by atoms with Gasteiger partial charge in [-0.15, -0.1) is 0 Å². The summed E-state index contributed by atoms with van der Waals surface area (Å²) < 4.78 is 41.6. The number of hydrogen-bond acceptors (Lipinski definition) is 7. The number of piperazine rings is 1. The maximum Gasteiger partial charge on any atom is 0.255 e. The minimum Gasteiger partial charge on any atom is -0.367 e. The fourth-order valence-corrected chi connectivity index (χ4v) is 5.85. The van der Waals surface area contributed by atoms with Crippen LogP contribution in [0, 0.1) is 5.82 Å². The summed E-state index contributed by atoms with van der Waals surface area (Å²) in [6, 6.07) is 1.99. The summed E-state index contributed by atoms with van der Waals surface area (Å²) in [5.41, 5.74) is 1.07. The smallest absolute Gasteiger partial charge is 0.255 e. The van der Waals surface area contributed by atoms with E-state index in [1.165, 1.54) is 27.7 Å². The lowest BCUT2D eigenvalue weighted by atomic mass is 10.0. The van der Waals surface area contributed by atoms with E-state index in [1.54, 1.807) is 11.0 Å². The highest BCUT2D eigenvalue weighted by molar-refractivity contribution is 7.89. The number of nitrogens with one attached hydrogen (secondary N) is 2. The van der Waals surface area contributed by atoms with Gasteiger partial charge in [0.15, 0.2) is 0 Å². The fraction of sp³-hybridized carbons (Fsp3) is 0.400. The first-order valence-corrected chi connectivity index (χ1v) is 11.9. The Hall–Kier alpha value is -3.32. The number of aromatic nitrogens is 2. The standard InChI is InChI=1S/C20H21FN6O5S/c21-15-8-14-12(11-27(20(14)30)16-1-2-18(28)24-19(16)29)7-17(15)25-3-5-26(6-4-25)33(31,32)13-9-22-23-10-13/h7-10,16H,1-6,11H2,(H,22,23)(H,24,28,29). The highest BCUT2D eigenvalue weighted by Crippen LogP contribution is 2.33. The number of H-pyrrole nitrogens is 1. The van der Waals surface area contributed by atoms with Crippen LogP contribution >= 0.6 is 0 Å². The molecule has 0 aliphatic carbocycles. The molecule has 3 aliphatic heterocycles. The van der Waals surface area contributed by atoms with E-state index in [2.05, 4.69) is 15.5 Å². The van der Waals surface area contributed by atoms with Crippen LogP contribution < -0.4 is 10.2 Å². The lowest BCUT2D eigenvalue weighted by Gasteiger charge is -2.35. The molecule has 4 heterocycles. The van der Waals surface area contributed by atoms with Crippen LogP contribution in [0.1, 0.15) is 28.8 Å². The number of anilines is 1. The second-order valence-electron chi connectivity index (χ2n) is 8.19. The number of imide groups is 1. The summed E-state index contributed by atoms with van der Waals surface area (Å²) in [6.45, 7) is 1.04. The Kier molecular flexibility index (Phi) is 5.16. The van der Waals surface area contributed by atoms with E-state index < -0.39 is 33.7 Å². The minimum absolute atomic E-state index is 0.0757. The highest BCUT2D eigenvalue weighted by Gasteiger charge is 2.40. The maximum absolute atomic E-state index is 15.0. The number of amides is 3. The van der Waals surface area contributed by atoms with Crippen molar-refractivity contribution in [1.29, 1.82) is 0 Å². The predicted octanol–water partition coefficient (Wildman–Crippen LogP) is -0.179. The summed E-state index contributed by atoms with van der Waals surface area (Å²) in [4.78, 5) is 39.6. The van der Waals surface area contributed by atoms with Gasteiger partial charge in [0.2, 0.25) is 21.8 Å².